The van der Waals surface area contributed by atoms with Crippen LogP contribution in [0, 0.1) is 6.92 Å². The number of nitrogens with zero attached hydrogens (tertiary/aromatic N) is 2. The minimum Gasteiger partial charge on any atom is -0.508 e. The molecule has 90 valence electrons. The van der Waals surface area contributed by atoms with Gasteiger partial charge in [-0.2, -0.15) is 0 Å². The summed E-state index contributed by atoms with van der Waals surface area (Å²) in [7, 11) is 0. The van der Waals surface area contributed by atoms with E-state index in [-0.39, 0.29) is 16.9 Å². The van der Waals surface area contributed by atoms with E-state index in [4.69, 9.17) is 0 Å². The molecule has 3 N–H and O–H groups in total. The van der Waals surface area contributed by atoms with Crippen LogP contribution in [0.15, 0.2) is 21.7 Å². The molecule has 7 heteroatoms. The Hall–Kier alpha value is -2.70. The third-order valence-corrected chi connectivity index (χ3v) is 2.66. The zero-order valence-corrected chi connectivity index (χ0v) is 9.31. The van der Waals surface area contributed by atoms with Crippen LogP contribution >= 0.6 is 0 Å². The van der Waals surface area contributed by atoms with Crippen molar-refractivity contribution in [3.63, 3.8) is 0 Å². The summed E-state index contributed by atoms with van der Waals surface area (Å²) in [5.74, 6) is 0.0864. The van der Waals surface area contributed by atoms with E-state index in [1.54, 1.807) is 13.0 Å². The van der Waals surface area contributed by atoms with E-state index in [2.05, 4.69) is 19.9 Å². The molecule has 2 aromatic heterocycles. The lowest BCUT2D eigenvalue weighted by atomic mass is 10.2. The fourth-order valence-electron chi connectivity index (χ4n) is 1.74. The van der Waals surface area contributed by atoms with Crippen molar-refractivity contribution in [3.8, 4) is 5.75 Å². The Morgan fingerprint density at radius 1 is 1.11 bits per heavy atom. The molecule has 0 aliphatic carbocycles. The minimum atomic E-state index is -0.641. The maximum atomic E-state index is 11.6. The number of phenols is 1. The van der Waals surface area contributed by atoms with Crippen LogP contribution in [0.25, 0.3) is 22.2 Å². The second-order valence-electron chi connectivity index (χ2n) is 3.96. The van der Waals surface area contributed by atoms with Gasteiger partial charge in [0.2, 0.25) is 0 Å². The molecule has 0 radical (unpaired) electrons. The van der Waals surface area contributed by atoms with Gasteiger partial charge in [0, 0.05) is 6.07 Å². The highest BCUT2D eigenvalue weighted by Crippen LogP contribution is 2.22. The van der Waals surface area contributed by atoms with Crippen LogP contribution in [0.2, 0.25) is 0 Å². The Balaban J connectivity index is 2.55. The lowest BCUT2D eigenvalue weighted by molar-refractivity contribution is 0.472. The van der Waals surface area contributed by atoms with E-state index >= 15 is 0 Å². The zero-order valence-electron chi connectivity index (χ0n) is 9.31. The summed E-state index contributed by atoms with van der Waals surface area (Å²) in [5, 5.41) is 9.59. The molecule has 3 rings (SSSR count). The first kappa shape index (κ1) is 10.5. The van der Waals surface area contributed by atoms with Gasteiger partial charge in [-0.05, 0) is 18.6 Å². The number of hydrogen-bond donors (Lipinski definition) is 3. The van der Waals surface area contributed by atoms with Crippen molar-refractivity contribution < 1.29 is 5.11 Å². The summed E-state index contributed by atoms with van der Waals surface area (Å²) in [4.78, 5) is 35.4. The SMILES string of the molecule is Cc1cc2nc3c(=O)[nH]c(=O)[nH]c3nc2cc1O. The molecule has 0 saturated heterocycles. The van der Waals surface area contributed by atoms with Gasteiger partial charge in [-0.15, -0.1) is 0 Å². The predicted octanol–water partition coefficient (Wildman–Crippen LogP) is 0.174. The molecule has 0 atom stereocenters. The molecule has 0 aliphatic rings. The van der Waals surface area contributed by atoms with Crippen LogP contribution in [-0.2, 0) is 0 Å². The van der Waals surface area contributed by atoms with Crippen molar-refractivity contribution in [2.75, 3.05) is 0 Å². The summed E-state index contributed by atoms with van der Waals surface area (Å²) in [5.41, 5.74) is 0.456. The van der Waals surface area contributed by atoms with E-state index in [1.165, 1.54) is 6.07 Å². The molecule has 0 fully saturated rings. The van der Waals surface area contributed by atoms with Gasteiger partial charge in [-0.3, -0.25) is 14.8 Å². The lowest BCUT2D eigenvalue weighted by Gasteiger charge is -2.02. The molecular formula is C11H8N4O3. The first-order valence-electron chi connectivity index (χ1n) is 5.18. The van der Waals surface area contributed by atoms with Crippen LogP contribution < -0.4 is 11.2 Å². The van der Waals surface area contributed by atoms with Crippen molar-refractivity contribution in [1.82, 2.24) is 19.9 Å². The lowest BCUT2D eigenvalue weighted by Crippen LogP contribution is -2.23. The quantitative estimate of drug-likeness (QED) is 0.488. The molecule has 0 spiro atoms. The maximum absolute atomic E-state index is 11.6. The Kier molecular flexibility index (Phi) is 1.97. The molecule has 18 heavy (non-hydrogen) atoms. The molecule has 2 heterocycles. The van der Waals surface area contributed by atoms with Crippen molar-refractivity contribution in [2.45, 2.75) is 6.92 Å². The average molecular weight is 244 g/mol. The van der Waals surface area contributed by atoms with Crippen LogP contribution in [0.5, 0.6) is 5.75 Å². The highest BCUT2D eigenvalue weighted by atomic mass is 16.3. The van der Waals surface area contributed by atoms with Gasteiger partial charge in [0.15, 0.2) is 11.2 Å². The van der Waals surface area contributed by atoms with Gasteiger partial charge in [0.1, 0.15) is 5.75 Å². The number of aromatic nitrogens is 4. The van der Waals surface area contributed by atoms with Gasteiger partial charge in [0.05, 0.1) is 11.0 Å². The van der Waals surface area contributed by atoms with Gasteiger partial charge in [0.25, 0.3) is 5.56 Å². The third kappa shape index (κ3) is 1.45. The summed E-state index contributed by atoms with van der Waals surface area (Å²) >= 11 is 0. The highest BCUT2D eigenvalue weighted by Gasteiger charge is 2.08. The fraction of sp³-hybridized carbons (Fsp3) is 0.0909. The Labute approximate surface area is 99.2 Å². The van der Waals surface area contributed by atoms with E-state index in [0.717, 1.165) is 0 Å². The van der Waals surface area contributed by atoms with Gasteiger partial charge >= 0.3 is 5.69 Å². The largest absolute Gasteiger partial charge is 0.508 e. The summed E-state index contributed by atoms with van der Waals surface area (Å²) in [6.07, 6.45) is 0. The number of rotatable bonds is 0. The molecule has 0 amide bonds. The van der Waals surface area contributed by atoms with E-state index < -0.39 is 11.2 Å². The van der Waals surface area contributed by atoms with Crippen LogP contribution in [0.1, 0.15) is 5.56 Å². The normalized spacial score (nSPS) is 11.2. The van der Waals surface area contributed by atoms with Crippen molar-refractivity contribution in [1.29, 1.82) is 0 Å². The fourth-order valence-corrected chi connectivity index (χ4v) is 1.74. The smallest absolute Gasteiger partial charge is 0.327 e. The predicted molar refractivity (Wildman–Crippen MR) is 64.7 cm³/mol. The number of hydrogen-bond acceptors (Lipinski definition) is 5. The number of fused-ring (bicyclic) bond motifs is 2. The average Bonchev–Trinajstić information content (AvgIpc) is 2.29. The second-order valence-corrected chi connectivity index (χ2v) is 3.96. The van der Waals surface area contributed by atoms with E-state index in [9.17, 15) is 14.7 Å². The van der Waals surface area contributed by atoms with E-state index in [0.29, 0.717) is 16.6 Å². The maximum Gasteiger partial charge on any atom is 0.327 e. The number of aryl methyl sites for hydroxylation is 1. The first-order valence-corrected chi connectivity index (χ1v) is 5.18. The van der Waals surface area contributed by atoms with Crippen LogP contribution in [0.4, 0.5) is 0 Å². The van der Waals surface area contributed by atoms with Crippen molar-refractivity contribution in [3.05, 3.63) is 38.5 Å². The molecule has 0 saturated carbocycles. The third-order valence-electron chi connectivity index (χ3n) is 2.66. The first-order chi connectivity index (χ1) is 8.54. The van der Waals surface area contributed by atoms with Gasteiger partial charge in [-0.25, -0.2) is 14.8 Å². The van der Waals surface area contributed by atoms with Gasteiger partial charge in [-0.1, -0.05) is 0 Å². The minimum absolute atomic E-state index is 0.0622. The van der Waals surface area contributed by atoms with Crippen molar-refractivity contribution >= 4 is 22.2 Å². The molecule has 7 nitrogen and oxygen atoms in total. The Bertz CT molecular complexity index is 894. The number of aromatic amines is 2. The number of phenolic OH excluding ortho intramolecular Hbond substituents is 1. The number of benzene rings is 1. The molecule has 1 aromatic carbocycles. The number of H-pyrrole nitrogens is 2. The molecule has 3 aromatic rings. The molecule has 0 bridgehead atoms. The Morgan fingerprint density at radius 3 is 2.61 bits per heavy atom. The van der Waals surface area contributed by atoms with E-state index in [1.807, 2.05) is 0 Å². The van der Waals surface area contributed by atoms with Crippen molar-refractivity contribution in [2.24, 2.45) is 0 Å². The molecule has 0 unspecified atom stereocenters. The topological polar surface area (TPSA) is 112 Å². The second kappa shape index (κ2) is 3.39. The molecule has 0 aliphatic heterocycles. The van der Waals surface area contributed by atoms with Crippen LogP contribution in [-0.4, -0.2) is 25.0 Å². The Morgan fingerprint density at radius 2 is 1.83 bits per heavy atom. The van der Waals surface area contributed by atoms with Crippen LogP contribution in [0.3, 0.4) is 0 Å². The monoisotopic (exact) mass is 244 g/mol. The zero-order chi connectivity index (χ0) is 12.9. The summed E-state index contributed by atoms with van der Waals surface area (Å²) < 4.78 is 0. The summed E-state index contributed by atoms with van der Waals surface area (Å²) in [6.45, 7) is 1.72. The standard InChI is InChI=1S/C11H8N4O3/c1-4-2-5-6(3-7(4)16)13-9-8(12-5)10(17)15-11(18)14-9/h2-3,16H,1H3,(H2,13,14,15,17,18). The number of nitrogens with one attached hydrogen (secondary N) is 2. The molecular weight excluding hydrogens is 236 g/mol. The van der Waals surface area contributed by atoms with Gasteiger partial charge < -0.3 is 5.11 Å². The number of aromatic hydroxyl groups is 1. The highest BCUT2D eigenvalue weighted by molar-refractivity contribution is 5.85. The summed E-state index contributed by atoms with van der Waals surface area (Å²) in [6, 6.07) is 3.07.